The van der Waals surface area contributed by atoms with E-state index in [-0.39, 0.29) is 23.9 Å². The maximum Gasteiger partial charge on any atom is 0.417 e. The van der Waals surface area contributed by atoms with E-state index < -0.39 is 22.7 Å². The van der Waals surface area contributed by atoms with Crippen molar-refractivity contribution in [2.24, 2.45) is 0 Å². The van der Waals surface area contributed by atoms with Crippen LogP contribution in [0.25, 0.3) is 0 Å². The molecule has 3 heterocycles. The quantitative estimate of drug-likeness (QED) is 0.816. The SMILES string of the molecule is C=C1Cn2c(nnc2C2CCCNC2)C(=O)N1Cc1cccc(C(F)(F)F)c1Cl. The molecule has 6 nitrogen and oxygen atoms in total. The first-order valence-electron chi connectivity index (χ1n) is 9.25. The maximum atomic E-state index is 13.1. The van der Waals surface area contributed by atoms with E-state index in [2.05, 4.69) is 22.1 Å². The molecule has 1 atom stereocenters. The molecular formula is C19H19ClF3N5O. The number of nitrogens with zero attached hydrogens (tertiary/aromatic N) is 4. The average molecular weight is 426 g/mol. The molecule has 0 saturated carbocycles. The lowest BCUT2D eigenvalue weighted by Crippen LogP contribution is -2.39. The summed E-state index contributed by atoms with van der Waals surface area (Å²) in [4.78, 5) is 14.3. The third-order valence-corrected chi connectivity index (χ3v) is 5.76. The summed E-state index contributed by atoms with van der Waals surface area (Å²) in [6.07, 6.45) is -2.60. The predicted octanol–water partition coefficient (Wildman–Crippen LogP) is 3.59. The van der Waals surface area contributed by atoms with Crippen molar-refractivity contribution in [1.82, 2.24) is 25.0 Å². The fourth-order valence-corrected chi connectivity index (χ4v) is 4.10. The minimum Gasteiger partial charge on any atom is -0.316 e. The topological polar surface area (TPSA) is 63.1 Å². The molecule has 1 aromatic carbocycles. The van der Waals surface area contributed by atoms with E-state index in [4.69, 9.17) is 11.6 Å². The van der Waals surface area contributed by atoms with Crippen molar-refractivity contribution in [2.75, 3.05) is 13.1 Å². The van der Waals surface area contributed by atoms with Crippen molar-refractivity contribution in [3.05, 3.63) is 58.3 Å². The van der Waals surface area contributed by atoms with Gasteiger partial charge < -0.3 is 14.8 Å². The Labute approximate surface area is 170 Å². The van der Waals surface area contributed by atoms with Crippen LogP contribution in [-0.4, -0.2) is 38.7 Å². The molecule has 10 heteroatoms. The third kappa shape index (κ3) is 3.64. The van der Waals surface area contributed by atoms with E-state index in [1.165, 1.54) is 17.0 Å². The Kier molecular flexibility index (Phi) is 5.12. The lowest BCUT2D eigenvalue weighted by Gasteiger charge is -2.31. The average Bonchev–Trinajstić information content (AvgIpc) is 3.10. The van der Waals surface area contributed by atoms with Gasteiger partial charge in [0.05, 0.1) is 23.7 Å². The summed E-state index contributed by atoms with van der Waals surface area (Å²) in [5, 5.41) is 11.2. The van der Waals surface area contributed by atoms with E-state index in [9.17, 15) is 18.0 Å². The van der Waals surface area contributed by atoms with E-state index in [0.717, 1.165) is 37.8 Å². The van der Waals surface area contributed by atoms with Crippen LogP contribution in [0.1, 0.15) is 46.3 Å². The maximum absolute atomic E-state index is 13.1. The first-order valence-corrected chi connectivity index (χ1v) is 9.63. The van der Waals surface area contributed by atoms with E-state index in [1.54, 1.807) is 4.57 Å². The van der Waals surface area contributed by atoms with E-state index in [1.807, 2.05) is 0 Å². The van der Waals surface area contributed by atoms with Crippen LogP contribution in [0.4, 0.5) is 13.2 Å². The Balaban J connectivity index is 1.61. The second kappa shape index (κ2) is 7.46. The summed E-state index contributed by atoms with van der Waals surface area (Å²) in [5.74, 6) is 0.617. The number of amides is 1. The van der Waals surface area contributed by atoms with Crippen molar-refractivity contribution in [3.63, 3.8) is 0 Å². The van der Waals surface area contributed by atoms with Gasteiger partial charge in [0.15, 0.2) is 0 Å². The van der Waals surface area contributed by atoms with Gasteiger partial charge >= 0.3 is 6.18 Å². The first kappa shape index (κ1) is 19.9. The first-order chi connectivity index (χ1) is 13.8. The number of carbonyl (C=O) groups is 1. The Bertz CT molecular complexity index is 965. The molecule has 4 rings (SSSR count). The summed E-state index contributed by atoms with van der Waals surface area (Å²) in [7, 11) is 0. The number of aromatic nitrogens is 3. The van der Waals surface area contributed by atoms with Gasteiger partial charge in [-0.05, 0) is 31.0 Å². The summed E-state index contributed by atoms with van der Waals surface area (Å²) in [6.45, 7) is 5.86. The number of hydrogen-bond acceptors (Lipinski definition) is 4. The second-order valence-electron chi connectivity index (χ2n) is 7.25. The number of halogens is 4. The van der Waals surface area contributed by atoms with Gasteiger partial charge in [-0.2, -0.15) is 13.2 Å². The highest BCUT2D eigenvalue weighted by molar-refractivity contribution is 6.32. The third-order valence-electron chi connectivity index (χ3n) is 5.31. The van der Waals surface area contributed by atoms with Crippen LogP contribution in [0.3, 0.4) is 0 Å². The Morgan fingerprint density at radius 3 is 2.79 bits per heavy atom. The highest BCUT2D eigenvalue weighted by Crippen LogP contribution is 2.37. The zero-order valence-corrected chi connectivity index (χ0v) is 16.2. The predicted molar refractivity (Wildman–Crippen MR) is 100 cm³/mol. The standard InChI is InChI=1S/C19H19ClF3N5O/c1-11-9-28-16(12-5-3-7-24-8-12)25-26-17(28)18(29)27(11)10-13-4-2-6-14(15(13)20)19(21,22)23/h2,4,6,12,24H,1,3,5,7-10H2. The van der Waals surface area contributed by atoms with E-state index >= 15 is 0 Å². The lowest BCUT2D eigenvalue weighted by molar-refractivity contribution is -0.137. The fraction of sp³-hybridized carbons (Fsp3) is 0.421. The molecule has 0 spiro atoms. The molecule has 29 heavy (non-hydrogen) atoms. The highest BCUT2D eigenvalue weighted by Gasteiger charge is 2.36. The van der Waals surface area contributed by atoms with Gasteiger partial charge in [-0.15, -0.1) is 10.2 Å². The van der Waals surface area contributed by atoms with Gasteiger partial charge in [0.2, 0.25) is 5.82 Å². The molecule has 2 aromatic rings. The van der Waals surface area contributed by atoms with Crippen LogP contribution in [0, 0.1) is 0 Å². The van der Waals surface area contributed by atoms with Crippen molar-refractivity contribution in [1.29, 1.82) is 0 Å². The van der Waals surface area contributed by atoms with Gasteiger partial charge in [-0.1, -0.05) is 30.3 Å². The molecule has 0 aliphatic carbocycles. The van der Waals surface area contributed by atoms with Crippen molar-refractivity contribution in [2.45, 2.75) is 38.0 Å². The molecule has 154 valence electrons. The van der Waals surface area contributed by atoms with Gasteiger partial charge in [-0.3, -0.25) is 4.79 Å². The number of alkyl halides is 3. The summed E-state index contributed by atoms with van der Waals surface area (Å²) < 4.78 is 41.1. The van der Waals surface area contributed by atoms with Crippen molar-refractivity contribution in [3.8, 4) is 0 Å². The number of piperidine rings is 1. The fourth-order valence-electron chi connectivity index (χ4n) is 3.81. The molecule has 1 fully saturated rings. The zero-order valence-electron chi connectivity index (χ0n) is 15.5. The largest absolute Gasteiger partial charge is 0.417 e. The van der Waals surface area contributed by atoms with Gasteiger partial charge in [-0.25, -0.2) is 0 Å². The number of allylic oxidation sites excluding steroid dienone is 1. The van der Waals surface area contributed by atoms with E-state index in [0.29, 0.717) is 12.2 Å². The molecule has 2 aliphatic heterocycles. The van der Waals surface area contributed by atoms with Crippen molar-refractivity contribution < 1.29 is 18.0 Å². The highest BCUT2D eigenvalue weighted by atomic mass is 35.5. The monoisotopic (exact) mass is 425 g/mol. The Morgan fingerprint density at radius 1 is 1.31 bits per heavy atom. The molecule has 0 radical (unpaired) electrons. The minimum absolute atomic E-state index is 0.117. The molecule has 1 N–H and O–H groups in total. The number of benzene rings is 1. The molecule has 0 bridgehead atoms. The number of hydrogen-bond donors (Lipinski definition) is 1. The van der Waals surface area contributed by atoms with Crippen LogP contribution in [0.15, 0.2) is 30.5 Å². The second-order valence-corrected chi connectivity index (χ2v) is 7.62. The number of carbonyl (C=O) groups excluding carboxylic acids is 1. The Hall–Kier alpha value is -2.39. The molecule has 1 amide bonds. The number of rotatable bonds is 3. The van der Waals surface area contributed by atoms with Crippen LogP contribution in [0.2, 0.25) is 5.02 Å². The lowest BCUT2D eigenvalue weighted by atomic mass is 9.98. The van der Waals surface area contributed by atoms with Gasteiger partial charge in [0, 0.05) is 18.2 Å². The van der Waals surface area contributed by atoms with Crippen LogP contribution < -0.4 is 5.32 Å². The summed E-state index contributed by atoms with van der Waals surface area (Å²) in [5.41, 5.74) is -0.275. The Morgan fingerprint density at radius 2 is 2.10 bits per heavy atom. The molecular weight excluding hydrogens is 407 g/mol. The van der Waals surface area contributed by atoms with Crippen LogP contribution >= 0.6 is 11.6 Å². The molecule has 1 unspecified atom stereocenters. The van der Waals surface area contributed by atoms with Crippen LogP contribution in [0.5, 0.6) is 0 Å². The zero-order chi connectivity index (χ0) is 20.8. The summed E-state index contributed by atoms with van der Waals surface area (Å²) in [6, 6.07) is 3.66. The molecule has 1 aromatic heterocycles. The normalized spacial score (nSPS) is 20.1. The van der Waals surface area contributed by atoms with Gasteiger partial charge in [0.1, 0.15) is 5.82 Å². The smallest absolute Gasteiger partial charge is 0.316 e. The molecule has 2 aliphatic rings. The minimum atomic E-state index is -4.57. The molecule has 1 saturated heterocycles. The summed E-state index contributed by atoms with van der Waals surface area (Å²) >= 11 is 5.99. The van der Waals surface area contributed by atoms with Crippen molar-refractivity contribution >= 4 is 17.5 Å². The number of nitrogens with one attached hydrogen (secondary N) is 1. The van der Waals surface area contributed by atoms with Gasteiger partial charge in [0.25, 0.3) is 5.91 Å². The number of fused-ring (bicyclic) bond motifs is 1. The van der Waals surface area contributed by atoms with Crippen LogP contribution in [-0.2, 0) is 19.3 Å².